The first-order valence-electron chi connectivity index (χ1n) is 7.26. The fraction of sp³-hybridized carbons (Fsp3) is 0.333. The lowest BCUT2D eigenvalue weighted by Gasteiger charge is -2.28. The minimum Gasteiger partial charge on any atom is -0.457 e. The van der Waals surface area contributed by atoms with Gasteiger partial charge in [0, 0.05) is 18.3 Å². The van der Waals surface area contributed by atoms with Gasteiger partial charge in [0.1, 0.15) is 11.5 Å². The molecule has 21 heavy (non-hydrogen) atoms. The maximum Gasteiger partial charge on any atom is 0.129 e. The Labute approximate surface area is 126 Å². The summed E-state index contributed by atoms with van der Waals surface area (Å²) in [5, 5.41) is 13.5. The summed E-state index contributed by atoms with van der Waals surface area (Å²) in [6.07, 6.45) is 0. The summed E-state index contributed by atoms with van der Waals surface area (Å²) in [6.45, 7) is 6.36. The highest BCUT2D eigenvalue weighted by atomic mass is 16.5. The zero-order valence-electron chi connectivity index (χ0n) is 12.8. The number of hydrogen-bond acceptors (Lipinski definition) is 3. The van der Waals surface area contributed by atoms with E-state index in [9.17, 15) is 5.11 Å². The molecule has 0 fully saturated rings. The molecule has 0 saturated carbocycles. The topological polar surface area (TPSA) is 41.5 Å². The van der Waals surface area contributed by atoms with E-state index in [0.29, 0.717) is 6.54 Å². The van der Waals surface area contributed by atoms with Gasteiger partial charge in [0.15, 0.2) is 0 Å². The van der Waals surface area contributed by atoms with Crippen molar-refractivity contribution in [3.05, 3.63) is 54.6 Å². The molecular weight excluding hydrogens is 262 g/mol. The van der Waals surface area contributed by atoms with Gasteiger partial charge in [-0.1, -0.05) is 38.1 Å². The molecule has 1 atom stereocenters. The lowest BCUT2D eigenvalue weighted by Crippen LogP contribution is -2.38. The Balaban J connectivity index is 2.01. The lowest BCUT2D eigenvalue weighted by molar-refractivity contribution is 0.0266. The standard InChI is InChI=1S/C18H23NO2/c1-14(2)18(3,20)13-19-15-8-7-11-17(12-15)21-16-9-5-4-6-10-16/h4-12,14,19-20H,13H2,1-3H3. The van der Waals surface area contributed by atoms with Gasteiger partial charge in [0.25, 0.3) is 0 Å². The first kappa shape index (κ1) is 15.4. The fourth-order valence-electron chi connectivity index (χ4n) is 1.78. The summed E-state index contributed by atoms with van der Waals surface area (Å²) in [5.74, 6) is 1.77. The Morgan fingerprint density at radius 3 is 2.38 bits per heavy atom. The van der Waals surface area contributed by atoms with Gasteiger partial charge in [-0.05, 0) is 37.1 Å². The molecule has 0 heterocycles. The van der Waals surface area contributed by atoms with E-state index in [4.69, 9.17) is 4.74 Å². The number of hydrogen-bond donors (Lipinski definition) is 2. The van der Waals surface area contributed by atoms with Gasteiger partial charge >= 0.3 is 0 Å². The van der Waals surface area contributed by atoms with Crippen LogP contribution in [0.15, 0.2) is 54.6 Å². The predicted molar refractivity (Wildman–Crippen MR) is 86.9 cm³/mol. The third-order valence-corrected chi connectivity index (χ3v) is 3.71. The smallest absolute Gasteiger partial charge is 0.129 e. The molecule has 2 N–H and O–H groups in total. The molecule has 0 amide bonds. The minimum absolute atomic E-state index is 0.189. The molecule has 0 aliphatic rings. The van der Waals surface area contributed by atoms with Crippen molar-refractivity contribution in [3.8, 4) is 11.5 Å². The first-order valence-corrected chi connectivity index (χ1v) is 7.26. The average molecular weight is 285 g/mol. The van der Waals surface area contributed by atoms with Crippen molar-refractivity contribution in [2.75, 3.05) is 11.9 Å². The van der Waals surface area contributed by atoms with Crippen LogP contribution in [0.4, 0.5) is 5.69 Å². The number of rotatable bonds is 6. The van der Waals surface area contributed by atoms with E-state index in [2.05, 4.69) is 5.32 Å². The van der Waals surface area contributed by atoms with E-state index in [0.717, 1.165) is 17.2 Å². The molecule has 2 aromatic rings. The van der Waals surface area contributed by atoms with Crippen LogP contribution in [0, 0.1) is 5.92 Å². The lowest BCUT2D eigenvalue weighted by atomic mass is 9.92. The molecule has 2 aromatic carbocycles. The Kier molecular flexibility index (Phi) is 4.86. The second kappa shape index (κ2) is 6.64. The molecule has 0 aromatic heterocycles. The van der Waals surface area contributed by atoms with Gasteiger partial charge in [0.2, 0.25) is 0 Å². The third kappa shape index (κ3) is 4.50. The summed E-state index contributed by atoms with van der Waals surface area (Å²) in [6, 6.07) is 17.4. The van der Waals surface area contributed by atoms with Crippen LogP contribution in [0.2, 0.25) is 0 Å². The zero-order chi connectivity index (χ0) is 15.3. The molecule has 112 valence electrons. The van der Waals surface area contributed by atoms with E-state index in [1.807, 2.05) is 75.4 Å². The van der Waals surface area contributed by atoms with Crippen LogP contribution in [0.1, 0.15) is 20.8 Å². The van der Waals surface area contributed by atoms with E-state index in [1.165, 1.54) is 0 Å². The van der Waals surface area contributed by atoms with Crippen molar-refractivity contribution in [1.29, 1.82) is 0 Å². The molecule has 2 rings (SSSR count). The van der Waals surface area contributed by atoms with Crippen molar-refractivity contribution in [2.24, 2.45) is 5.92 Å². The molecule has 0 spiro atoms. The quantitative estimate of drug-likeness (QED) is 0.831. The van der Waals surface area contributed by atoms with E-state index >= 15 is 0 Å². The maximum atomic E-state index is 10.3. The monoisotopic (exact) mass is 285 g/mol. The highest BCUT2D eigenvalue weighted by Gasteiger charge is 2.24. The summed E-state index contributed by atoms with van der Waals surface area (Å²) >= 11 is 0. The Hall–Kier alpha value is -2.00. The van der Waals surface area contributed by atoms with Crippen molar-refractivity contribution >= 4 is 5.69 Å². The van der Waals surface area contributed by atoms with Crippen LogP contribution in [0.3, 0.4) is 0 Å². The van der Waals surface area contributed by atoms with E-state index < -0.39 is 5.60 Å². The molecule has 3 heteroatoms. The van der Waals surface area contributed by atoms with E-state index in [-0.39, 0.29) is 5.92 Å². The molecule has 3 nitrogen and oxygen atoms in total. The van der Waals surface area contributed by atoms with Gasteiger partial charge in [-0.25, -0.2) is 0 Å². The maximum absolute atomic E-state index is 10.3. The van der Waals surface area contributed by atoms with Crippen LogP contribution < -0.4 is 10.1 Å². The minimum atomic E-state index is -0.740. The van der Waals surface area contributed by atoms with Gasteiger partial charge in [-0.15, -0.1) is 0 Å². The summed E-state index contributed by atoms with van der Waals surface area (Å²) in [7, 11) is 0. The number of aliphatic hydroxyl groups is 1. The van der Waals surface area contributed by atoms with Crippen LogP contribution in [0.5, 0.6) is 11.5 Å². The van der Waals surface area contributed by atoms with Crippen LogP contribution >= 0.6 is 0 Å². The second-order valence-electron chi connectivity index (χ2n) is 5.81. The number of benzene rings is 2. The predicted octanol–water partition coefficient (Wildman–Crippen LogP) is 4.30. The van der Waals surface area contributed by atoms with Gasteiger partial charge in [-0.2, -0.15) is 0 Å². The van der Waals surface area contributed by atoms with Crippen LogP contribution in [-0.4, -0.2) is 17.3 Å². The molecule has 0 bridgehead atoms. The summed E-state index contributed by atoms with van der Waals surface area (Å²) in [5.41, 5.74) is 0.195. The number of anilines is 1. The number of ether oxygens (including phenoxy) is 1. The largest absolute Gasteiger partial charge is 0.457 e. The average Bonchev–Trinajstić information content (AvgIpc) is 2.47. The molecule has 0 radical (unpaired) electrons. The first-order chi connectivity index (χ1) is 9.97. The van der Waals surface area contributed by atoms with Crippen LogP contribution in [0.25, 0.3) is 0 Å². The van der Waals surface area contributed by atoms with Crippen molar-refractivity contribution in [2.45, 2.75) is 26.4 Å². The normalized spacial score (nSPS) is 13.8. The third-order valence-electron chi connectivity index (χ3n) is 3.71. The Bertz CT molecular complexity index is 564. The van der Waals surface area contributed by atoms with Gasteiger partial charge in [-0.3, -0.25) is 0 Å². The molecule has 0 aliphatic heterocycles. The molecule has 0 aliphatic carbocycles. The van der Waals surface area contributed by atoms with Crippen molar-refractivity contribution < 1.29 is 9.84 Å². The fourth-order valence-corrected chi connectivity index (χ4v) is 1.78. The molecule has 0 saturated heterocycles. The second-order valence-corrected chi connectivity index (χ2v) is 5.81. The highest BCUT2D eigenvalue weighted by molar-refractivity contribution is 5.49. The molecule has 1 unspecified atom stereocenters. The number of para-hydroxylation sites is 1. The Morgan fingerprint density at radius 2 is 1.71 bits per heavy atom. The Morgan fingerprint density at radius 1 is 1.05 bits per heavy atom. The zero-order valence-corrected chi connectivity index (χ0v) is 12.8. The van der Waals surface area contributed by atoms with E-state index in [1.54, 1.807) is 0 Å². The van der Waals surface area contributed by atoms with Crippen molar-refractivity contribution in [1.82, 2.24) is 0 Å². The summed E-state index contributed by atoms with van der Waals surface area (Å²) in [4.78, 5) is 0. The SMILES string of the molecule is CC(C)C(C)(O)CNc1cccc(Oc2ccccc2)c1. The van der Waals surface area contributed by atoms with Gasteiger partial charge in [0.05, 0.1) is 5.60 Å². The molecular formula is C18H23NO2. The van der Waals surface area contributed by atoms with Crippen LogP contribution in [-0.2, 0) is 0 Å². The number of nitrogens with one attached hydrogen (secondary N) is 1. The summed E-state index contributed by atoms with van der Waals surface area (Å²) < 4.78 is 5.80. The van der Waals surface area contributed by atoms with Crippen molar-refractivity contribution in [3.63, 3.8) is 0 Å². The van der Waals surface area contributed by atoms with Gasteiger partial charge < -0.3 is 15.2 Å². The highest BCUT2D eigenvalue weighted by Crippen LogP contribution is 2.24.